The van der Waals surface area contributed by atoms with E-state index in [0.717, 1.165) is 6.42 Å². The van der Waals surface area contributed by atoms with Gasteiger partial charge in [-0.1, -0.05) is 39.3 Å². The fraction of sp³-hybridized carbons (Fsp3) is 0.680. The molecule has 2 unspecified atom stereocenters. The Morgan fingerprint density at radius 1 is 1.15 bits per heavy atom. The highest BCUT2D eigenvalue weighted by atomic mass is 16.6. The molecule has 0 aromatic rings. The Kier molecular flexibility index (Phi) is 17.6. The molecule has 0 aliphatic carbocycles. The van der Waals surface area contributed by atoms with Gasteiger partial charge in [0.05, 0.1) is 6.42 Å². The van der Waals surface area contributed by atoms with E-state index in [1.165, 1.54) is 17.4 Å². The molecule has 8 nitrogen and oxygen atoms in total. The number of carbonyl (C=O) groups excluding carboxylic acids is 4. The Morgan fingerprint density at radius 2 is 1.76 bits per heavy atom. The van der Waals surface area contributed by atoms with Crippen molar-refractivity contribution in [3.63, 3.8) is 0 Å². The molecule has 1 aliphatic rings. The van der Waals surface area contributed by atoms with Gasteiger partial charge >= 0.3 is 5.97 Å². The van der Waals surface area contributed by atoms with Gasteiger partial charge in [-0.3, -0.25) is 19.2 Å². The molecular formula is C25H45N3O5. The van der Waals surface area contributed by atoms with Crippen molar-refractivity contribution in [2.45, 2.75) is 104 Å². The molecule has 0 aromatic heterocycles. The normalized spacial score (nSPS) is 15.6. The highest BCUT2D eigenvalue weighted by Gasteiger charge is 2.35. The van der Waals surface area contributed by atoms with Crippen LogP contribution in [0.5, 0.6) is 0 Å². The minimum Gasteiger partial charge on any atom is -0.460 e. The lowest BCUT2D eigenvalue weighted by molar-refractivity contribution is -0.156. The lowest BCUT2D eigenvalue weighted by atomic mass is 10.1. The number of hydrogen-bond donors (Lipinski definition) is 2. The van der Waals surface area contributed by atoms with Crippen molar-refractivity contribution >= 4 is 23.7 Å². The Morgan fingerprint density at radius 3 is 2.18 bits per heavy atom. The highest BCUT2D eigenvalue weighted by molar-refractivity contribution is 5.92. The average molecular weight is 468 g/mol. The molecule has 8 heteroatoms. The van der Waals surface area contributed by atoms with Crippen LogP contribution >= 0.6 is 0 Å². The maximum atomic E-state index is 12.4. The molecule has 1 aliphatic heterocycles. The summed E-state index contributed by atoms with van der Waals surface area (Å²) in [5.41, 5.74) is 4.66. The molecule has 33 heavy (non-hydrogen) atoms. The monoisotopic (exact) mass is 467 g/mol. The fourth-order valence-corrected chi connectivity index (χ4v) is 2.97. The van der Waals surface area contributed by atoms with E-state index in [-0.39, 0.29) is 25.2 Å². The van der Waals surface area contributed by atoms with Crippen molar-refractivity contribution in [2.75, 3.05) is 6.54 Å². The van der Waals surface area contributed by atoms with Gasteiger partial charge in [0.2, 0.25) is 17.7 Å². The summed E-state index contributed by atoms with van der Waals surface area (Å²) in [6.07, 6.45) is 7.15. The summed E-state index contributed by atoms with van der Waals surface area (Å²) in [5.74, 6) is -1.81. The first-order valence-corrected chi connectivity index (χ1v) is 11.8. The zero-order valence-corrected chi connectivity index (χ0v) is 21.4. The number of nitrogens with one attached hydrogen (secondary N) is 1. The van der Waals surface area contributed by atoms with Crippen LogP contribution in [-0.4, -0.2) is 52.8 Å². The third kappa shape index (κ3) is 14.9. The van der Waals surface area contributed by atoms with Crippen molar-refractivity contribution < 1.29 is 23.9 Å². The summed E-state index contributed by atoms with van der Waals surface area (Å²) >= 11 is 0. The number of primary amides is 1. The number of carbonyl (C=O) groups is 4. The van der Waals surface area contributed by atoms with Gasteiger partial charge in [0, 0.05) is 13.0 Å². The minimum absolute atomic E-state index is 0.0232. The fourth-order valence-electron chi connectivity index (χ4n) is 2.97. The van der Waals surface area contributed by atoms with Crippen molar-refractivity contribution in [1.82, 2.24) is 10.2 Å². The van der Waals surface area contributed by atoms with Crippen LogP contribution in [-0.2, 0) is 23.9 Å². The van der Waals surface area contributed by atoms with Crippen LogP contribution in [0.1, 0.15) is 86.5 Å². The zero-order chi connectivity index (χ0) is 26.0. The Balaban J connectivity index is 0. The number of hydrogen-bond acceptors (Lipinski definition) is 5. The predicted octanol–water partition coefficient (Wildman–Crippen LogP) is 3.64. The highest BCUT2D eigenvalue weighted by Crippen LogP contribution is 2.20. The van der Waals surface area contributed by atoms with E-state index in [4.69, 9.17) is 10.5 Å². The molecule has 0 radical (unpaired) electrons. The molecule has 1 rings (SSSR count). The van der Waals surface area contributed by atoms with Gasteiger partial charge in [-0.05, 0) is 46.5 Å². The molecule has 0 spiro atoms. The quantitative estimate of drug-likeness (QED) is 0.375. The summed E-state index contributed by atoms with van der Waals surface area (Å²) in [4.78, 5) is 49.4. The number of rotatable bonds is 10. The summed E-state index contributed by atoms with van der Waals surface area (Å²) in [7, 11) is 0. The molecule has 3 amide bonds. The van der Waals surface area contributed by atoms with Crippen LogP contribution in [0.2, 0.25) is 0 Å². The molecule has 0 aromatic carbocycles. The van der Waals surface area contributed by atoms with E-state index in [1.54, 1.807) is 20.8 Å². The molecule has 1 heterocycles. The second-order valence-electron chi connectivity index (χ2n) is 8.40. The van der Waals surface area contributed by atoms with E-state index in [0.29, 0.717) is 19.4 Å². The van der Waals surface area contributed by atoms with Gasteiger partial charge in [-0.25, -0.2) is 0 Å². The molecule has 190 valence electrons. The third-order valence-corrected chi connectivity index (χ3v) is 4.39. The van der Waals surface area contributed by atoms with Crippen LogP contribution in [0, 0.1) is 0 Å². The van der Waals surface area contributed by atoms with Gasteiger partial charge in [-0.15, -0.1) is 13.2 Å². The molecule has 0 bridgehead atoms. The number of ether oxygens (including phenoxy) is 1. The third-order valence-electron chi connectivity index (χ3n) is 4.39. The van der Waals surface area contributed by atoms with Crippen LogP contribution < -0.4 is 11.1 Å². The molecule has 0 saturated carbocycles. The summed E-state index contributed by atoms with van der Waals surface area (Å²) in [6, 6.07) is -1.51. The molecule has 3 N–H and O–H groups in total. The number of likely N-dealkylation sites (tertiary alicyclic amines) is 1. The van der Waals surface area contributed by atoms with Gasteiger partial charge in [0.25, 0.3) is 0 Å². The standard InChI is InChI=1S/C18H29N3O5.C5H10.C2H6/c1-5-7-12(16(19)24)20-17(25)13-8-6-11-21(13)14(22)9-10-15(23)26-18(2,3)4;1-3-5-4-2;1-2/h5,12-13H,1,6-11H2,2-4H3,(H2,19,24)(H,20,25);3H,1,4-5H2,2H3;1-2H3. The lowest BCUT2D eigenvalue weighted by Crippen LogP contribution is -2.52. The van der Waals surface area contributed by atoms with Crippen LogP contribution in [0.4, 0.5) is 0 Å². The van der Waals surface area contributed by atoms with Crippen LogP contribution in [0.3, 0.4) is 0 Å². The van der Waals surface area contributed by atoms with E-state index in [1.807, 2.05) is 19.9 Å². The Bertz CT molecular complexity index is 640. The largest absolute Gasteiger partial charge is 0.460 e. The van der Waals surface area contributed by atoms with Crippen molar-refractivity contribution in [1.29, 1.82) is 0 Å². The van der Waals surface area contributed by atoms with Crippen molar-refractivity contribution in [2.24, 2.45) is 5.73 Å². The number of amides is 3. The van der Waals surface area contributed by atoms with Crippen molar-refractivity contribution in [3.05, 3.63) is 25.3 Å². The number of allylic oxidation sites excluding steroid dienone is 1. The molecule has 2 atom stereocenters. The summed E-state index contributed by atoms with van der Waals surface area (Å²) in [6.45, 7) is 18.9. The van der Waals surface area contributed by atoms with Crippen LogP contribution in [0.25, 0.3) is 0 Å². The topological polar surface area (TPSA) is 119 Å². The maximum absolute atomic E-state index is 12.4. The predicted molar refractivity (Wildman–Crippen MR) is 132 cm³/mol. The first-order chi connectivity index (χ1) is 15.5. The van der Waals surface area contributed by atoms with E-state index in [2.05, 4.69) is 25.4 Å². The van der Waals surface area contributed by atoms with E-state index < -0.39 is 35.5 Å². The number of unbranched alkanes of at least 4 members (excludes halogenated alkanes) is 1. The summed E-state index contributed by atoms with van der Waals surface area (Å²) < 4.78 is 5.18. The van der Waals surface area contributed by atoms with E-state index >= 15 is 0 Å². The van der Waals surface area contributed by atoms with E-state index in [9.17, 15) is 19.2 Å². The van der Waals surface area contributed by atoms with Gasteiger partial charge in [0.1, 0.15) is 17.7 Å². The zero-order valence-electron chi connectivity index (χ0n) is 21.4. The van der Waals surface area contributed by atoms with Crippen molar-refractivity contribution in [3.8, 4) is 0 Å². The Labute approximate surface area is 200 Å². The van der Waals surface area contributed by atoms with Gasteiger partial charge in [-0.2, -0.15) is 0 Å². The molecule has 1 saturated heterocycles. The Hall–Kier alpha value is -2.64. The molecule has 1 fully saturated rings. The molecular weight excluding hydrogens is 422 g/mol. The second kappa shape index (κ2) is 17.9. The van der Waals surface area contributed by atoms with Gasteiger partial charge < -0.3 is 20.7 Å². The SMILES string of the molecule is C=CCC(NC(=O)C1CCCN1C(=O)CCC(=O)OC(C)(C)C)C(N)=O.C=CCCC.CC. The average Bonchev–Trinajstić information content (AvgIpc) is 3.23. The first kappa shape index (κ1) is 32.5. The number of esters is 1. The summed E-state index contributed by atoms with van der Waals surface area (Å²) in [5, 5.41) is 2.57. The maximum Gasteiger partial charge on any atom is 0.306 e. The smallest absolute Gasteiger partial charge is 0.306 e. The lowest BCUT2D eigenvalue weighted by Gasteiger charge is -2.26. The minimum atomic E-state index is -0.848. The van der Waals surface area contributed by atoms with Gasteiger partial charge in [0.15, 0.2) is 0 Å². The second-order valence-corrected chi connectivity index (χ2v) is 8.40. The number of nitrogens with zero attached hydrogens (tertiary/aromatic N) is 1. The number of nitrogens with two attached hydrogens (primary N) is 1. The first-order valence-electron chi connectivity index (χ1n) is 11.8. The van der Waals surface area contributed by atoms with Crippen LogP contribution in [0.15, 0.2) is 25.3 Å².